The Morgan fingerprint density at radius 2 is 2.24 bits per heavy atom. The van der Waals surface area contributed by atoms with Gasteiger partial charge in [-0.15, -0.1) is 0 Å². The van der Waals surface area contributed by atoms with Gasteiger partial charge in [-0.25, -0.2) is 0 Å². The van der Waals surface area contributed by atoms with E-state index in [9.17, 15) is 4.79 Å². The molecule has 0 fully saturated rings. The molecule has 4 heteroatoms. The lowest BCUT2D eigenvalue weighted by Gasteiger charge is -2.04. The van der Waals surface area contributed by atoms with E-state index in [1.807, 2.05) is 26.0 Å². The van der Waals surface area contributed by atoms with Crippen LogP contribution in [0.2, 0.25) is 5.02 Å². The maximum atomic E-state index is 11.8. The maximum absolute atomic E-state index is 11.8. The van der Waals surface area contributed by atoms with Crippen molar-refractivity contribution in [1.82, 2.24) is 5.32 Å². The summed E-state index contributed by atoms with van der Waals surface area (Å²) in [5.74, 6) is 0.284. The summed E-state index contributed by atoms with van der Waals surface area (Å²) in [5.41, 5.74) is 0.571. The standard InChI is InChI=1S/C13H14ClNO2/c1-8(2)15-7-11(16)12-6-9-4-3-5-10(14)13(9)17-12/h3-6,8,15H,7H2,1-2H3. The molecule has 0 bridgehead atoms. The fraction of sp³-hybridized carbons (Fsp3) is 0.308. The van der Waals surface area contributed by atoms with Crippen molar-refractivity contribution in [2.24, 2.45) is 0 Å². The maximum Gasteiger partial charge on any atom is 0.211 e. The molecule has 0 amide bonds. The number of rotatable bonds is 4. The second-order valence-electron chi connectivity index (χ2n) is 4.23. The Kier molecular flexibility index (Phi) is 3.50. The monoisotopic (exact) mass is 251 g/mol. The number of nitrogens with one attached hydrogen (secondary N) is 1. The van der Waals surface area contributed by atoms with Gasteiger partial charge in [0.05, 0.1) is 11.6 Å². The molecule has 2 rings (SSSR count). The Hall–Kier alpha value is -1.32. The zero-order chi connectivity index (χ0) is 12.4. The molecule has 0 atom stereocenters. The summed E-state index contributed by atoms with van der Waals surface area (Å²) in [5, 5.41) is 4.44. The van der Waals surface area contributed by atoms with E-state index in [1.165, 1.54) is 0 Å². The topological polar surface area (TPSA) is 42.2 Å². The van der Waals surface area contributed by atoms with Gasteiger partial charge in [-0.05, 0) is 12.1 Å². The third-order valence-corrected chi connectivity index (χ3v) is 2.74. The third-order valence-electron chi connectivity index (χ3n) is 2.44. The van der Waals surface area contributed by atoms with Crippen molar-refractivity contribution in [3.05, 3.63) is 35.0 Å². The lowest BCUT2D eigenvalue weighted by Crippen LogP contribution is -2.28. The van der Waals surface area contributed by atoms with Crippen LogP contribution in [0.15, 0.2) is 28.7 Å². The van der Waals surface area contributed by atoms with E-state index < -0.39 is 0 Å². The Morgan fingerprint density at radius 3 is 2.88 bits per heavy atom. The van der Waals surface area contributed by atoms with Crippen LogP contribution in [0.4, 0.5) is 0 Å². The van der Waals surface area contributed by atoms with Crippen LogP contribution in [0.5, 0.6) is 0 Å². The van der Waals surface area contributed by atoms with Gasteiger partial charge in [0.25, 0.3) is 0 Å². The Morgan fingerprint density at radius 1 is 1.47 bits per heavy atom. The molecule has 1 N–H and O–H groups in total. The van der Waals surface area contributed by atoms with Gasteiger partial charge in [0.15, 0.2) is 11.3 Å². The number of carbonyl (C=O) groups excluding carboxylic acids is 1. The summed E-state index contributed by atoms with van der Waals surface area (Å²) < 4.78 is 5.47. The summed E-state index contributed by atoms with van der Waals surface area (Å²) in [4.78, 5) is 11.8. The van der Waals surface area contributed by atoms with E-state index in [1.54, 1.807) is 12.1 Å². The van der Waals surface area contributed by atoms with Crippen molar-refractivity contribution in [1.29, 1.82) is 0 Å². The first-order valence-electron chi connectivity index (χ1n) is 5.52. The quantitative estimate of drug-likeness (QED) is 0.848. The lowest BCUT2D eigenvalue weighted by atomic mass is 10.2. The van der Waals surface area contributed by atoms with E-state index in [0.29, 0.717) is 16.4 Å². The normalized spacial score (nSPS) is 11.3. The number of furan rings is 1. The van der Waals surface area contributed by atoms with Gasteiger partial charge in [0.2, 0.25) is 5.78 Å². The van der Waals surface area contributed by atoms with Crippen molar-refractivity contribution >= 4 is 28.4 Å². The minimum atomic E-state index is -0.0639. The van der Waals surface area contributed by atoms with Crippen molar-refractivity contribution in [3.8, 4) is 0 Å². The lowest BCUT2D eigenvalue weighted by molar-refractivity contribution is 0.0964. The molecule has 0 saturated heterocycles. The van der Waals surface area contributed by atoms with E-state index in [0.717, 1.165) is 5.39 Å². The van der Waals surface area contributed by atoms with Gasteiger partial charge >= 0.3 is 0 Å². The highest BCUT2D eigenvalue weighted by atomic mass is 35.5. The largest absolute Gasteiger partial charge is 0.451 e. The summed E-state index contributed by atoms with van der Waals surface area (Å²) in [6.07, 6.45) is 0. The summed E-state index contributed by atoms with van der Waals surface area (Å²) in [6, 6.07) is 7.45. The smallest absolute Gasteiger partial charge is 0.211 e. The van der Waals surface area contributed by atoms with Crippen LogP contribution in [0.1, 0.15) is 24.4 Å². The highest BCUT2D eigenvalue weighted by molar-refractivity contribution is 6.34. The number of hydrogen-bond donors (Lipinski definition) is 1. The van der Waals surface area contributed by atoms with Gasteiger partial charge in [-0.3, -0.25) is 4.79 Å². The minimum Gasteiger partial charge on any atom is -0.451 e. The molecule has 2 aromatic rings. The number of carbonyl (C=O) groups is 1. The van der Waals surface area contributed by atoms with E-state index in [2.05, 4.69) is 5.32 Å². The number of halogens is 1. The van der Waals surface area contributed by atoms with Crippen LogP contribution in [0.25, 0.3) is 11.0 Å². The van der Waals surface area contributed by atoms with Crippen LogP contribution in [0, 0.1) is 0 Å². The number of hydrogen-bond acceptors (Lipinski definition) is 3. The zero-order valence-electron chi connectivity index (χ0n) is 9.79. The minimum absolute atomic E-state index is 0.0639. The fourth-order valence-corrected chi connectivity index (χ4v) is 1.77. The highest BCUT2D eigenvalue weighted by Crippen LogP contribution is 2.26. The summed E-state index contributed by atoms with van der Waals surface area (Å²) in [6.45, 7) is 4.25. The van der Waals surface area contributed by atoms with Crippen LogP contribution in [0.3, 0.4) is 0 Å². The van der Waals surface area contributed by atoms with Crippen LogP contribution in [-0.2, 0) is 0 Å². The molecule has 1 aromatic carbocycles. The van der Waals surface area contributed by atoms with E-state index >= 15 is 0 Å². The Balaban J connectivity index is 2.24. The molecule has 0 aliphatic heterocycles. The molecule has 0 aliphatic rings. The summed E-state index contributed by atoms with van der Waals surface area (Å²) >= 11 is 5.98. The second kappa shape index (κ2) is 4.90. The predicted molar refractivity (Wildman–Crippen MR) is 68.7 cm³/mol. The molecule has 0 saturated carbocycles. The Labute approximate surface area is 105 Å². The zero-order valence-corrected chi connectivity index (χ0v) is 10.5. The van der Waals surface area contributed by atoms with Crippen LogP contribution < -0.4 is 5.32 Å². The van der Waals surface area contributed by atoms with E-state index in [4.69, 9.17) is 16.0 Å². The second-order valence-corrected chi connectivity index (χ2v) is 4.63. The van der Waals surface area contributed by atoms with Crippen LogP contribution in [-0.4, -0.2) is 18.4 Å². The molecule has 0 unspecified atom stereocenters. The molecule has 17 heavy (non-hydrogen) atoms. The molecule has 3 nitrogen and oxygen atoms in total. The number of fused-ring (bicyclic) bond motifs is 1. The van der Waals surface area contributed by atoms with E-state index in [-0.39, 0.29) is 18.4 Å². The molecule has 1 heterocycles. The van der Waals surface area contributed by atoms with Gasteiger partial charge in [-0.1, -0.05) is 37.6 Å². The average molecular weight is 252 g/mol. The number of benzene rings is 1. The number of ketones is 1. The van der Waals surface area contributed by atoms with Gasteiger partial charge in [0.1, 0.15) is 0 Å². The molecule has 0 spiro atoms. The molecular weight excluding hydrogens is 238 g/mol. The predicted octanol–water partition coefficient (Wildman–Crippen LogP) is 3.27. The van der Waals surface area contributed by atoms with Crippen molar-refractivity contribution in [2.45, 2.75) is 19.9 Å². The summed E-state index contributed by atoms with van der Waals surface area (Å²) in [7, 11) is 0. The first-order valence-corrected chi connectivity index (χ1v) is 5.90. The molecule has 90 valence electrons. The number of Topliss-reactive ketones (excluding diaryl/α,β-unsaturated/α-hetero) is 1. The molecule has 0 radical (unpaired) electrons. The van der Waals surface area contributed by atoms with Crippen molar-refractivity contribution < 1.29 is 9.21 Å². The van der Waals surface area contributed by atoms with Crippen LogP contribution >= 0.6 is 11.6 Å². The first-order chi connectivity index (χ1) is 8.08. The first kappa shape index (κ1) is 12.1. The average Bonchev–Trinajstić information content (AvgIpc) is 2.71. The highest BCUT2D eigenvalue weighted by Gasteiger charge is 2.13. The van der Waals surface area contributed by atoms with Gasteiger partial charge in [0, 0.05) is 11.4 Å². The number of para-hydroxylation sites is 1. The van der Waals surface area contributed by atoms with Crippen molar-refractivity contribution in [2.75, 3.05) is 6.54 Å². The van der Waals surface area contributed by atoms with Gasteiger partial charge in [-0.2, -0.15) is 0 Å². The Bertz CT molecular complexity index is 545. The van der Waals surface area contributed by atoms with Crippen molar-refractivity contribution in [3.63, 3.8) is 0 Å². The fourth-order valence-electron chi connectivity index (χ4n) is 1.55. The molecular formula is C13H14ClNO2. The van der Waals surface area contributed by atoms with Gasteiger partial charge < -0.3 is 9.73 Å². The SMILES string of the molecule is CC(C)NCC(=O)c1cc2cccc(Cl)c2o1. The molecule has 1 aromatic heterocycles. The molecule has 0 aliphatic carbocycles. The third kappa shape index (κ3) is 2.68.